The minimum Gasteiger partial charge on any atom is -0.598 e. The van der Waals surface area contributed by atoms with Crippen LogP contribution in [0.1, 0.15) is 67.7 Å². The first-order chi connectivity index (χ1) is 14.7. The van der Waals surface area contributed by atoms with Gasteiger partial charge in [0.2, 0.25) is 10.0 Å². The van der Waals surface area contributed by atoms with Gasteiger partial charge in [0.15, 0.2) is 0 Å². The highest BCUT2D eigenvalue weighted by Gasteiger charge is 2.38. The molecule has 0 aliphatic rings. The molecule has 0 amide bonds. The van der Waals surface area contributed by atoms with E-state index in [1.54, 1.807) is 20.8 Å². The van der Waals surface area contributed by atoms with Gasteiger partial charge >= 0.3 is 5.97 Å². The van der Waals surface area contributed by atoms with Crippen molar-refractivity contribution in [1.82, 2.24) is 9.03 Å². The number of nitrogens with two attached hydrogens (primary N) is 1. The monoisotopic (exact) mass is 489 g/mol. The molecule has 0 aliphatic heterocycles. The summed E-state index contributed by atoms with van der Waals surface area (Å²) in [5, 5.41) is 0. The molecule has 1 rings (SSSR count). The van der Waals surface area contributed by atoms with Crippen LogP contribution in [-0.4, -0.2) is 52.7 Å². The predicted molar refractivity (Wildman–Crippen MR) is 130 cm³/mol. The Balaban J connectivity index is 3.06. The molecule has 3 N–H and O–H groups in total. The Bertz CT molecular complexity index is 823. The lowest BCUT2D eigenvalue weighted by atomic mass is 10.1. The normalized spacial score (nSPS) is 15.6. The van der Waals surface area contributed by atoms with Gasteiger partial charge in [-0.15, -0.1) is 4.72 Å². The lowest BCUT2D eigenvalue weighted by Crippen LogP contribution is -2.49. The molecule has 184 valence electrons. The van der Waals surface area contributed by atoms with Crippen LogP contribution in [0.15, 0.2) is 29.2 Å². The van der Waals surface area contributed by atoms with Crippen molar-refractivity contribution in [3.8, 4) is 0 Å². The third kappa shape index (κ3) is 8.22. The van der Waals surface area contributed by atoms with E-state index in [2.05, 4.69) is 4.72 Å². The molecule has 1 aromatic rings. The molecular formula is C22H39N3O5S2. The van der Waals surface area contributed by atoms with Crippen LogP contribution in [-0.2, 0) is 30.9 Å². The SMILES string of the molecule is CCOC(=O)[C@H](CCC[C@H](C)N[S@@+]([O-])C(C)(C)C)N(C(C)C)S(=O)(=O)c1ccc(N)cc1. The quantitative estimate of drug-likeness (QED) is 0.262. The molecule has 0 saturated heterocycles. The molecule has 3 atom stereocenters. The molecule has 10 heteroatoms. The van der Waals surface area contributed by atoms with Crippen LogP contribution in [0.5, 0.6) is 0 Å². The number of carbonyl (C=O) groups is 1. The highest BCUT2D eigenvalue weighted by atomic mass is 32.2. The highest BCUT2D eigenvalue weighted by Crippen LogP contribution is 2.26. The number of rotatable bonds is 12. The van der Waals surface area contributed by atoms with E-state index in [0.717, 1.165) is 0 Å². The van der Waals surface area contributed by atoms with Gasteiger partial charge in [0.05, 0.1) is 11.5 Å². The van der Waals surface area contributed by atoms with Gasteiger partial charge in [-0.1, -0.05) is 0 Å². The second-order valence-electron chi connectivity index (χ2n) is 9.10. The Hall–Kier alpha value is -1.33. The van der Waals surface area contributed by atoms with Crippen LogP contribution >= 0.6 is 0 Å². The van der Waals surface area contributed by atoms with Gasteiger partial charge in [-0.25, -0.2) is 8.42 Å². The average Bonchev–Trinajstić information content (AvgIpc) is 2.66. The number of esters is 1. The smallest absolute Gasteiger partial charge is 0.324 e. The second-order valence-corrected chi connectivity index (χ2v) is 12.9. The fourth-order valence-corrected chi connectivity index (χ4v) is 5.83. The van der Waals surface area contributed by atoms with Gasteiger partial charge in [-0.3, -0.25) is 4.79 Å². The Morgan fingerprint density at radius 2 is 1.75 bits per heavy atom. The number of anilines is 1. The van der Waals surface area contributed by atoms with Crippen molar-refractivity contribution in [2.24, 2.45) is 0 Å². The average molecular weight is 490 g/mol. The molecule has 0 bridgehead atoms. The Morgan fingerprint density at radius 3 is 2.22 bits per heavy atom. The van der Waals surface area contributed by atoms with Gasteiger partial charge in [0, 0.05) is 29.1 Å². The van der Waals surface area contributed by atoms with Crippen LogP contribution in [0, 0.1) is 0 Å². The maximum absolute atomic E-state index is 13.4. The van der Waals surface area contributed by atoms with Crippen molar-refractivity contribution in [3.63, 3.8) is 0 Å². The maximum atomic E-state index is 13.4. The number of benzene rings is 1. The lowest BCUT2D eigenvalue weighted by Gasteiger charge is -2.33. The molecular weight excluding hydrogens is 450 g/mol. The van der Waals surface area contributed by atoms with Crippen LogP contribution in [0.3, 0.4) is 0 Å². The number of sulfonamides is 1. The van der Waals surface area contributed by atoms with E-state index in [9.17, 15) is 17.8 Å². The van der Waals surface area contributed by atoms with Gasteiger partial charge in [0.25, 0.3) is 0 Å². The van der Waals surface area contributed by atoms with E-state index in [1.165, 1.54) is 28.6 Å². The van der Waals surface area contributed by atoms with Crippen LogP contribution < -0.4 is 10.5 Å². The molecule has 1 aromatic carbocycles. The first kappa shape index (κ1) is 28.7. The summed E-state index contributed by atoms with van der Waals surface area (Å²) >= 11 is -1.21. The zero-order valence-electron chi connectivity index (χ0n) is 20.3. The van der Waals surface area contributed by atoms with E-state index >= 15 is 0 Å². The van der Waals surface area contributed by atoms with Crippen molar-refractivity contribution in [2.45, 2.75) is 95.5 Å². The van der Waals surface area contributed by atoms with Crippen LogP contribution in [0.2, 0.25) is 0 Å². The third-order valence-corrected chi connectivity index (χ3v) is 8.64. The minimum absolute atomic E-state index is 0.0564. The number of hydrogen-bond donors (Lipinski definition) is 2. The maximum Gasteiger partial charge on any atom is 0.324 e. The fraction of sp³-hybridized carbons (Fsp3) is 0.682. The van der Waals surface area contributed by atoms with Crippen molar-refractivity contribution >= 4 is 33.0 Å². The fourth-order valence-electron chi connectivity index (χ4n) is 3.19. The number of nitrogen functional groups attached to an aromatic ring is 1. The number of hydrogen-bond acceptors (Lipinski definition) is 7. The molecule has 0 aliphatic carbocycles. The summed E-state index contributed by atoms with van der Waals surface area (Å²) in [6.45, 7) is 12.9. The van der Waals surface area contributed by atoms with Crippen molar-refractivity contribution in [3.05, 3.63) is 24.3 Å². The summed E-state index contributed by atoms with van der Waals surface area (Å²) in [6, 6.07) is 4.44. The zero-order valence-corrected chi connectivity index (χ0v) is 21.9. The zero-order chi connectivity index (χ0) is 24.7. The first-order valence-electron chi connectivity index (χ1n) is 11.0. The summed E-state index contributed by atoms with van der Waals surface area (Å²) in [7, 11) is -3.96. The summed E-state index contributed by atoms with van der Waals surface area (Å²) in [5.41, 5.74) is 6.15. The van der Waals surface area contributed by atoms with E-state index in [1.807, 2.05) is 27.7 Å². The molecule has 0 spiro atoms. The molecule has 0 radical (unpaired) electrons. The second kappa shape index (κ2) is 12.2. The molecule has 0 fully saturated rings. The Kier molecular flexibility index (Phi) is 11.0. The van der Waals surface area contributed by atoms with Gasteiger partial charge in [-0.05, 0) is 92.0 Å². The summed E-state index contributed by atoms with van der Waals surface area (Å²) in [6.07, 6.45) is 1.48. The molecule has 0 heterocycles. The molecule has 32 heavy (non-hydrogen) atoms. The largest absolute Gasteiger partial charge is 0.598 e. The standard InChI is InChI=1S/C22H39N3O5S2/c1-8-30-21(26)20(11-9-10-17(4)24-31(27)22(5,6)7)25(16(2)3)32(28,29)19-14-12-18(23)13-15-19/h12-17,20,24H,8-11,23H2,1-7H3/t17-,20-,31-/m0/s1. The molecule has 0 saturated carbocycles. The molecule has 0 aromatic heterocycles. The van der Waals surface area contributed by atoms with E-state index < -0.39 is 39.4 Å². The van der Waals surface area contributed by atoms with E-state index in [0.29, 0.717) is 24.9 Å². The molecule has 0 unspecified atom stereocenters. The van der Waals surface area contributed by atoms with Crippen LogP contribution in [0.4, 0.5) is 5.69 Å². The predicted octanol–water partition coefficient (Wildman–Crippen LogP) is 3.21. The van der Waals surface area contributed by atoms with Gasteiger partial charge in [-0.2, -0.15) is 4.31 Å². The number of ether oxygens (including phenoxy) is 1. The van der Waals surface area contributed by atoms with E-state index in [4.69, 9.17) is 10.5 Å². The topological polar surface area (TPSA) is 125 Å². The summed E-state index contributed by atoms with van der Waals surface area (Å²) < 4.78 is 48.3. The van der Waals surface area contributed by atoms with Crippen molar-refractivity contribution < 1.29 is 22.5 Å². The number of nitrogens with one attached hydrogen (secondary N) is 1. The first-order valence-corrected chi connectivity index (χ1v) is 13.5. The summed E-state index contributed by atoms with van der Waals surface area (Å²) in [4.78, 5) is 12.9. The highest BCUT2D eigenvalue weighted by molar-refractivity contribution is 7.90. The lowest BCUT2D eigenvalue weighted by molar-refractivity contribution is -0.148. The van der Waals surface area contributed by atoms with Gasteiger partial charge in [0.1, 0.15) is 10.8 Å². The van der Waals surface area contributed by atoms with Crippen LogP contribution in [0.25, 0.3) is 0 Å². The third-order valence-electron chi connectivity index (χ3n) is 4.81. The summed E-state index contributed by atoms with van der Waals surface area (Å²) in [5.74, 6) is -0.570. The number of nitrogens with zero attached hydrogens (tertiary/aromatic N) is 1. The Morgan fingerprint density at radius 1 is 1.19 bits per heavy atom. The molecule has 8 nitrogen and oxygen atoms in total. The van der Waals surface area contributed by atoms with Crippen molar-refractivity contribution in [1.29, 1.82) is 0 Å². The number of carbonyl (C=O) groups excluding carboxylic acids is 1. The minimum atomic E-state index is -3.96. The Labute approximate surface area is 196 Å². The van der Waals surface area contributed by atoms with Crippen molar-refractivity contribution in [2.75, 3.05) is 12.3 Å². The van der Waals surface area contributed by atoms with Gasteiger partial charge < -0.3 is 15.0 Å². The van der Waals surface area contributed by atoms with E-state index in [-0.39, 0.29) is 22.3 Å².